The van der Waals surface area contributed by atoms with E-state index in [-0.39, 0.29) is 18.1 Å². The summed E-state index contributed by atoms with van der Waals surface area (Å²) >= 11 is 0. The van der Waals surface area contributed by atoms with Crippen LogP contribution >= 0.6 is 0 Å². The molecule has 1 atom stereocenters. The molecule has 0 aromatic heterocycles. The monoisotopic (exact) mass is 184 g/mol. The van der Waals surface area contributed by atoms with E-state index in [2.05, 4.69) is 11.3 Å². The Labute approximate surface area is 78.8 Å². The second-order valence-electron chi connectivity index (χ2n) is 3.24. The highest BCUT2D eigenvalue weighted by atomic mass is 16.5. The third-order valence-electron chi connectivity index (χ3n) is 1.94. The second kappa shape index (κ2) is 5.51. The zero-order valence-electron chi connectivity index (χ0n) is 8.42. The summed E-state index contributed by atoms with van der Waals surface area (Å²) in [5.74, 6) is -0.432. The highest BCUT2D eigenvalue weighted by Crippen LogP contribution is 2.12. The van der Waals surface area contributed by atoms with E-state index in [0.717, 1.165) is 5.57 Å². The molecule has 0 aromatic rings. The quantitative estimate of drug-likeness (QED) is 0.371. The Bertz CT molecular complexity index is 218. The van der Waals surface area contributed by atoms with Crippen LogP contribution < -0.4 is 0 Å². The maximum absolute atomic E-state index is 11.2. The normalized spacial score (nSPS) is 11.9. The zero-order valence-corrected chi connectivity index (χ0v) is 8.42. The van der Waals surface area contributed by atoms with E-state index in [1.165, 1.54) is 7.11 Å². The zero-order chi connectivity index (χ0) is 10.4. The summed E-state index contributed by atoms with van der Waals surface area (Å²) in [6.07, 6.45) is 0.235. The predicted molar refractivity (Wildman–Crippen MR) is 50.2 cm³/mol. The summed E-state index contributed by atoms with van der Waals surface area (Å²) < 4.78 is 4.38. The molecule has 0 fully saturated rings. The van der Waals surface area contributed by atoms with Crippen molar-refractivity contribution in [3.05, 3.63) is 12.2 Å². The lowest BCUT2D eigenvalue weighted by atomic mass is 9.97. The first-order valence-corrected chi connectivity index (χ1v) is 4.21. The molecule has 3 nitrogen and oxygen atoms in total. The lowest BCUT2D eigenvalue weighted by Gasteiger charge is -2.08. The first kappa shape index (κ1) is 11.9. The number of Topliss-reactive ketones (excluding diaryl/α,β-unsaturated/α-hetero) is 1. The molecule has 0 amide bonds. The maximum Gasteiger partial charge on any atom is 0.313 e. The Hall–Kier alpha value is -1.12. The third kappa shape index (κ3) is 5.17. The van der Waals surface area contributed by atoms with Gasteiger partial charge in [-0.2, -0.15) is 0 Å². The number of carbonyl (C=O) groups is 2. The molecule has 0 radical (unpaired) electrons. The lowest BCUT2D eigenvalue weighted by Crippen LogP contribution is -2.12. The van der Waals surface area contributed by atoms with Gasteiger partial charge in [-0.1, -0.05) is 19.1 Å². The number of hydrogen-bond donors (Lipinski definition) is 0. The van der Waals surface area contributed by atoms with E-state index in [1.807, 2.05) is 13.8 Å². The highest BCUT2D eigenvalue weighted by molar-refractivity contribution is 5.95. The first-order chi connectivity index (χ1) is 5.97. The van der Waals surface area contributed by atoms with Crippen LogP contribution in [0.25, 0.3) is 0 Å². The molecule has 0 unspecified atom stereocenters. The predicted octanol–water partition coefficient (Wildman–Crippen LogP) is 1.72. The minimum absolute atomic E-state index is 0.0950. The third-order valence-corrected chi connectivity index (χ3v) is 1.94. The van der Waals surface area contributed by atoms with Crippen LogP contribution in [0.3, 0.4) is 0 Å². The Morgan fingerprint density at radius 2 is 2.00 bits per heavy atom. The Kier molecular flexibility index (Phi) is 5.04. The number of ether oxygens (including phenoxy) is 1. The van der Waals surface area contributed by atoms with Crippen molar-refractivity contribution >= 4 is 11.8 Å². The Balaban J connectivity index is 3.88. The first-order valence-electron chi connectivity index (χ1n) is 4.21. The lowest BCUT2D eigenvalue weighted by molar-refractivity contribution is -0.143. The Morgan fingerprint density at radius 1 is 1.46 bits per heavy atom. The molecular formula is C10H16O3. The van der Waals surface area contributed by atoms with Crippen molar-refractivity contribution in [3.8, 4) is 0 Å². The number of esters is 1. The van der Waals surface area contributed by atoms with Crippen molar-refractivity contribution in [2.75, 3.05) is 7.11 Å². The molecule has 0 heterocycles. The van der Waals surface area contributed by atoms with Gasteiger partial charge in [0.05, 0.1) is 7.11 Å². The van der Waals surface area contributed by atoms with Gasteiger partial charge in [-0.3, -0.25) is 9.59 Å². The fourth-order valence-electron chi connectivity index (χ4n) is 0.821. The van der Waals surface area contributed by atoms with Crippen LogP contribution in [0.2, 0.25) is 0 Å². The molecule has 0 aliphatic heterocycles. The van der Waals surface area contributed by atoms with Gasteiger partial charge in [-0.15, -0.1) is 0 Å². The van der Waals surface area contributed by atoms with E-state index in [9.17, 15) is 9.59 Å². The van der Waals surface area contributed by atoms with Gasteiger partial charge in [-0.25, -0.2) is 0 Å². The van der Waals surface area contributed by atoms with Gasteiger partial charge >= 0.3 is 5.97 Å². The molecular weight excluding hydrogens is 168 g/mol. The standard InChI is InChI=1S/C10H16O3/c1-7(2)8(3)5-9(11)6-10(12)13-4/h8H,1,5-6H2,2-4H3/t8-/m0/s1. The van der Waals surface area contributed by atoms with E-state index in [1.54, 1.807) is 0 Å². The molecule has 0 saturated heterocycles. The molecule has 0 rings (SSSR count). The Morgan fingerprint density at radius 3 is 2.38 bits per heavy atom. The second-order valence-corrected chi connectivity index (χ2v) is 3.24. The van der Waals surface area contributed by atoms with Gasteiger partial charge in [0.2, 0.25) is 0 Å². The summed E-state index contributed by atoms with van der Waals surface area (Å²) in [5.41, 5.74) is 0.957. The summed E-state index contributed by atoms with van der Waals surface area (Å²) in [6, 6.07) is 0. The summed E-state index contributed by atoms with van der Waals surface area (Å²) in [4.78, 5) is 21.9. The minimum Gasteiger partial charge on any atom is -0.469 e. The van der Waals surface area contributed by atoms with Crippen molar-refractivity contribution in [1.29, 1.82) is 0 Å². The van der Waals surface area contributed by atoms with E-state index in [0.29, 0.717) is 6.42 Å². The molecule has 0 aromatic carbocycles. The van der Waals surface area contributed by atoms with Gasteiger partial charge in [-0.05, 0) is 12.8 Å². The van der Waals surface area contributed by atoms with E-state index >= 15 is 0 Å². The average Bonchev–Trinajstić information content (AvgIpc) is 2.03. The largest absolute Gasteiger partial charge is 0.469 e. The smallest absolute Gasteiger partial charge is 0.313 e. The highest BCUT2D eigenvalue weighted by Gasteiger charge is 2.13. The van der Waals surface area contributed by atoms with Crippen molar-refractivity contribution < 1.29 is 14.3 Å². The fraction of sp³-hybridized carbons (Fsp3) is 0.600. The van der Waals surface area contributed by atoms with Crippen LogP contribution in [-0.4, -0.2) is 18.9 Å². The molecule has 0 saturated carbocycles. The van der Waals surface area contributed by atoms with Crippen LogP contribution in [0.5, 0.6) is 0 Å². The SMILES string of the molecule is C=C(C)[C@@H](C)CC(=O)CC(=O)OC. The number of rotatable bonds is 5. The van der Waals surface area contributed by atoms with Gasteiger partial charge in [0.25, 0.3) is 0 Å². The van der Waals surface area contributed by atoms with Gasteiger partial charge < -0.3 is 4.74 Å². The molecule has 0 spiro atoms. The van der Waals surface area contributed by atoms with Crippen molar-refractivity contribution in [2.45, 2.75) is 26.7 Å². The minimum atomic E-state index is -0.473. The van der Waals surface area contributed by atoms with Gasteiger partial charge in [0.15, 0.2) is 0 Å². The van der Waals surface area contributed by atoms with E-state index < -0.39 is 5.97 Å². The van der Waals surface area contributed by atoms with Crippen LogP contribution in [-0.2, 0) is 14.3 Å². The average molecular weight is 184 g/mol. The summed E-state index contributed by atoms with van der Waals surface area (Å²) in [5, 5.41) is 0. The van der Waals surface area contributed by atoms with Crippen molar-refractivity contribution in [1.82, 2.24) is 0 Å². The van der Waals surface area contributed by atoms with Crippen molar-refractivity contribution in [3.63, 3.8) is 0 Å². The fourth-order valence-corrected chi connectivity index (χ4v) is 0.821. The van der Waals surface area contributed by atoms with E-state index in [4.69, 9.17) is 0 Å². The number of methoxy groups -OCH3 is 1. The van der Waals surface area contributed by atoms with Crippen LogP contribution in [0.4, 0.5) is 0 Å². The van der Waals surface area contributed by atoms with Gasteiger partial charge in [0.1, 0.15) is 12.2 Å². The van der Waals surface area contributed by atoms with Crippen LogP contribution in [0.1, 0.15) is 26.7 Å². The number of carbonyl (C=O) groups excluding carboxylic acids is 2. The summed E-state index contributed by atoms with van der Waals surface area (Å²) in [7, 11) is 1.28. The molecule has 0 aliphatic rings. The maximum atomic E-state index is 11.2. The molecule has 74 valence electrons. The van der Waals surface area contributed by atoms with Gasteiger partial charge in [0, 0.05) is 6.42 Å². The molecule has 13 heavy (non-hydrogen) atoms. The van der Waals surface area contributed by atoms with Crippen LogP contribution in [0, 0.1) is 5.92 Å². The number of allylic oxidation sites excluding steroid dienone is 1. The molecule has 0 N–H and O–H groups in total. The number of hydrogen-bond acceptors (Lipinski definition) is 3. The van der Waals surface area contributed by atoms with Crippen molar-refractivity contribution in [2.24, 2.45) is 5.92 Å². The number of ketones is 1. The van der Waals surface area contributed by atoms with Crippen LogP contribution in [0.15, 0.2) is 12.2 Å². The molecule has 0 aliphatic carbocycles. The molecule has 0 bridgehead atoms. The summed E-state index contributed by atoms with van der Waals surface area (Å²) in [6.45, 7) is 7.52. The molecule has 3 heteroatoms. The topological polar surface area (TPSA) is 43.4 Å².